The molecular weight excluding hydrogens is 526 g/mol. The van der Waals surface area contributed by atoms with Crippen molar-refractivity contribution >= 4 is 21.8 Å². The molecule has 0 spiro atoms. The summed E-state index contributed by atoms with van der Waals surface area (Å²) in [6.07, 6.45) is 3.59. The highest BCUT2D eigenvalue weighted by molar-refractivity contribution is 6.09. The lowest BCUT2D eigenvalue weighted by atomic mass is 10.0. The molecule has 5 aromatic heterocycles. The summed E-state index contributed by atoms with van der Waals surface area (Å²) in [7, 11) is 0. The zero-order valence-corrected chi connectivity index (χ0v) is 23.2. The molecule has 0 aliphatic heterocycles. The third kappa shape index (κ3) is 4.53. The van der Waals surface area contributed by atoms with Gasteiger partial charge in [-0.1, -0.05) is 60.7 Å². The molecule has 0 N–H and O–H groups in total. The highest BCUT2D eigenvalue weighted by atomic mass is 15.0. The van der Waals surface area contributed by atoms with Gasteiger partial charge in [-0.2, -0.15) is 0 Å². The summed E-state index contributed by atoms with van der Waals surface area (Å²) in [5.41, 5.74) is 10.4. The third-order valence-corrected chi connectivity index (χ3v) is 7.70. The van der Waals surface area contributed by atoms with Crippen LogP contribution in [-0.2, 0) is 0 Å². The van der Waals surface area contributed by atoms with Crippen molar-refractivity contribution in [2.24, 2.45) is 0 Å². The van der Waals surface area contributed by atoms with E-state index in [-0.39, 0.29) is 0 Å². The second kappa shape index (κ2) is 10.5. The Labute approximate surface area is 248 Å². The van der Waals surface area contributed by atoms with Gasteiger partial charge in [0.1, 0.15) is 0 Å². The first-order valence-corrected chi connectivity index (χ1v) is 14.2. The van der Waals surface area contributed by atoms with Gasteiger partial charge in [-0.15, -0.1) is 0 Å². The van der Waals surface area contributed by atoms with Crippen LogP contribution in [0.1, 0.15) is 0 Å². The van der Waals surface area contributed by atoms with E-state index in [1.807, 2.05) is 60.7 Å². The van der Waals surface area contributed by atoms with Crippen molar-refractivity contribution in [3.63, 3.8) is 0 Å². The topological polar surface area (TPSA) is 56.5 Å². The zero-order chi connectivity index (χ0) is 28.6. The summed E-state index contributed by atoms with van der Waals surface area (Å²) >= 11 is 0. The van der Waals surface area contributed by atoms with Crippen molar-refractivity contribution in [1.82, 2.24) is 24.5 Å². The number of para-hydroxylation sites is 2. The van der Waals surface area contributed by atoms with Gasteiger partial charge in [0.15, 0.2) is 0 Å². The molecular formula is C38H25N5. The molecule has 0 aliphatic carbocycles. The Morgan fingerprint density at radius 1 is 0.372 bits per heavy atom. The van der Waals surface area contributed by atoms with E-state index in [0.29, 0.717) is 0 Å². The molecule has 0 fully saturated rings. The van der Waals surface area contributed by atoms with Crippen LogP contribution in [0.4, 0.5) is 0 Å². The van der Waals surface area contributed by atoms with Gasteiger partial charge in [0, 0.05) is 40.0 Å². The van der Waals surface area contributed by atoms with Gasteiger partial charge in [0.2, 0.25) is 0 Å². The lowest BCUT2D eigenvalue weighted by Crippen LogP contribution is -1.98. The fourth-order valence-corrected chi connectivity index (χ4v) is 5.74. The zero-order valence-electron chi connectivity index (χ0n) is 23.2. The Morgan fingerprint density at radius 2 is 0.814 bits per heavy atom. The molecule has 0 saturated heterocycles. The number of hydrogen-bond donors (Lipinski definition) is 0. The van der Waals surface area contributed by atoms with Crippen LogP contribution in [-0.4, -0.2) is 24.5 Å². The van der Waals surface area contributed by atoms with E-state index in [9.17, 15) is 0 Å². The number of rotatable bonds is 5. The number of pyridine rings is 4. The van der Waals surface area contributed by atoms with Gasteiger partial charge in [0.05, 0.1) is 45.2 Å². The predicted molar refractivity (Wildman–Crippen MR) is 174 cm³/mol. The first kappa shape index (κ1) is 24.8. The summed E-state index contributed by atoms with van der Waals surface area (Å²) < 4.78 is 2.34. The molecule has 0 unspecified atom stereocenters. The summed E-state index contributed by atoms with van der Waals surface area (Å²) in [5.74, 6) is 0. The van der Waals surface area contributed by atoms with Crippen LogP contribution in [0.25, 0.3) is 72.8 Å². The fraction of sp³-hybridized carbons (Fsp3) is 0. The van der Waals surface area contributed by atoms with E-state index >= 15 is 0 Å². The smallest absolute Gasteiger partial charge is 0.0893 e. The molecule has 8 aromatic rings. The van der Waals surface area contributed by atoms with Crippen LogP contribution in [0.5, 0.6) is 0 Å². The Morgan fingerprint density at radius 3 is 1.30 bits per heavy atom. The van der Waals surface area contributed by atoms with E-state index in [1.165, 1.54) is 10.8 Å². The average molecular weight is 552 g/mol. The van der Waals surface area contributed by atoms with Crippen LogP contribution in [0.3, 0.4) is 0 Å². The van der Waals surface area contributed by atoms with E-state index < -0.39 is 0 Å². The molecule has 5 heterocycles. The van der Waals surface area contributed by atoms with E-state index in [2.05, 4.69) is 93.4 Å². The van der Waals surface area contributed by atoms with Crippen LogP contribution in [0.15, 0.2) is 152 Å². The van der Waals surface area contributed by atoms with Crippen molar-refractivity contribution in [3.8, 4) is 51.0 Å². The first-order valence-electron chi connectivity index (χ1n) is 14.2. The number of hydrogen-bond acceptors (Lipinski definition) is 4. The molecule has 0 bridgehead atoms. The van der Waals surface area contributed by atoms with Crippen LogP contribution < -0.4 is 0 Å². The van der Waals surface area contributed by atoms with Gasteiger partial charge < -0.3 is 4.57 Å². The van der Waals surface area contributed by atoms with Crippen molar-refractivity contribution in [2.75, 3.05) is 0 Å². The van der Waals surface area contributed by atoms with Gasteiger partial charge in [0.25, 0.3) is 0 Å². The molecule has 5 nitrogen and oxygen atoms in total. The molecule has 5 heteroatoms. The maximum Gasteiger partial charge on any atom is 0.0893 e. The van der Waals surface area contributed by atoms with Crippen molar-refractivity contribution < 1.29 is 0 Å². The van der Waals surface area contributed by atoms with E-state index in [0.717, 1.165) is 62.0 Å². The summed E-state index contributed by atoms with van der Waals surface area (Å²) in [6, 6.07) is 47.7. The molecule has 3 aromatic carbocycles. The van der Waals surface area contributed by atoms with Crippen molar-refractivity contribution in [3.05, 3.63) is 152 Å². The maximum atomic E-state index is 5.06. The summed E-state index contributed by atoms with van der Waals surface area (Å²) in [6.45, 7) is 0. The molecule has 0 saturated carbocycles. The second-order valence-electron chi connectivity index (χ2n) is 10.4. The fourth-order valence-electron chi connectivity index (χ4n) is 5.74. The van der Waals surface area contributed by atoms with Gasteiger partial charge in [-0.3, -0.25) is 9.97 Å². The second-order valence-corrected chi connectivity index (χ2v) is 10.4. The number of fused-ring (bicyclic) bond motifs is 3. The third-order valence-electron chi connectivity index (χ3n) is 7.70. The highest BCUT2D eigenvalue weighted by Gasteiger charge is 2.16. The van der Waals surface area contributed by atoms with Gasteiger partial charge >= 0.3 is 0 Å². The van der Waals surface area contributed by atoms with Crippen LogP contribution in [0.2, 0.25) is 0 Å². The highest BCUT2D eigenvalue weighted by Crippen LogP contribution is 2.36. The molecule has 0 radical (unpaired) electrons. The minimum atomic E-state index is 0.831. The quantitative estimate of drug-likeness (QED) is 0.214. The predicted octanol–water partition coefficient (Wildman–Crippen LogP) is 9.03. The van der Waals surface area contributed by atoms with Gasteiger partial charge in [-0.25, -0.2) is 9.97 Å². The minimum absolute atomic E-state index is 0.831. The Hall–Kier alpha value is -5.94. The number of aromatic nitrogens is 5. The van der Waals surface area contributed by atoms with Crippen molar-refractivity contribution in [1.29, 1.82) is 0 Å². The standard InChI is InChI=1S/C38H25N5/c1-3-19-37-29(11-1)30-12-2-4-20-38(30)43(37)28-24-26(31-15-9-17-35(41-31)33-13-5-7-21-39-33)23-27(25-28)32-16-10-18-36(42-32)34-14-6-8-22-40-34/h1-25H. The van der Waals surface area contributed by atoms with Crippen molar-refractivity contribution in [2.45, 2.75) is 0 Å². The van der Waals surface area contributed by atoms with Gasteiger partial charge in [-0.05, 0) is 78.9 Å². The number of benzene rings is 3. The monoisotopic (exact) mass is 551 g/mol. The number of nitrogens with zero attached hydrogens (tertiary/aromatic N) is 5. The van der Waals surface area contributed by atoms with Crippen LogP contribution in [0, 0.1) is 0 Å². The lowest BCUT2D eigenvalue weighted by Gasteiger charge is -2.14. The van der Waals surface area contributed by atoms with Crippen LogP contribution >= 0.6 is 0 Å². The summed E-state index contributed by atoms with van der Waals surface area (Å²) in [5, 5.41) is 2.44. The molecule has 202 valence electrons. The molecule has 8 rings (SSSR count). The molecule has 0 amide bonds. The first-order chi connectivity index (χ1) is 21.3. The largest absolute Gasteiger partial charge is 0.309 e. The lowest BCUT2D eigenvalue weighted by molar-refractivity contribution is 1.17. The molecule has 43 heavy (non-hydrogen) atoms. The Kier molecular flexibility index (Phi) is 6.05. The minimum Gasteiger partial charge on any atom is -0.309 e. The Balaban J connectivity index is 1.37. The van der Waals surface area contributed by atoms with E-state index in [4.69, 9.17) is 9.97 Å². The Bertz CT molecular complexity index is 2080. The maximum absolute atomic E-state index is 5.06. The summed E-state index contributed by atoms with van der Waals surface area (Å²) in [4.78, 5) is 19.2. The molecule has 0 aliphatic rings. The SMILES string of the molecule is c1ccc(-c2cccc(-c3cc(-c4cccc(-c5ccccn5)n4)cc(-n4c5ccccc5c5ccccc54)c3)n2)nc1. The molecule has 0 atom stereocenters. The van der Waals surface area contributed by atoms with E-state index in [1.54, 1.807) is 12.4 Å². The average Bonchev–Trinajstić information content (AvgIpc) is 3.43. The normalized spacial score (nSPS) is 11.3.